The average Bonchev–Trinajstić information content (AvgIpc) is 3.11. The van der Waals surface area contributed by atoms with Crippen molar-refractivity contribution >= 4 is 72.9 Å². The molecule has 0 spiro atoms. The molecule has 1 N–H and O–H groups in total. The summed E-state index contributed by atoms with van der Waals surface area (Å²) in [6.07, 6.45) is 4.20. The number of hydrogen-bond donors (Lipinski definition) is 1. The van der Waals surface area contributed by atoms with Crippen molar-refractivity contribution in [3.63, 3.8) is 0 Å². The van der Waals surface area contributed by atoms with E-state index in [-0.39, 0.29) is 30.5 Å². The lowest BCUT2D eigenvalue weighted by atomic mass is 9.91. The molecule has 246 valence electrons. The zero-order valence-corrected chi connectivity index (χ0v) is 26.5. The van der Waals surface area contributed by atoms with Crippen LogP contribution in [0.25, 0.3) is 49.6 Å². The summed E-state index contributed by atoms with van der Waals surface area (Å²) in [5, 5.41) is 15.4. The molecule has 0 heterocycles. The first kappa shape index (κ1) is 33.3. The Hall–Kier alpha value is -6.60. The van der Waals surface area contributed by atoms with E-state index in [0.29, 0.717) is 22.6 Å². The average molecular weight is 661 g/mol. The molecule has 3 aliphatic carbocycles. The second kappa shape index (κ2) is 13.5. The van der Waals surface area contributed by atoms with Gasteiger partial charge in [-0.15, -0.1) is 0 Å². The number of carbonyl (C=O) groups is 4. The highest BCUT2D eigenvalue weighted by Gasteiger charge is 2.23. The molecule has 0 saturated heterocycles. The largest absolute Gasteiger partial charge is 0.507 e. The van der Waals surface area contributed by atoms with Crippen molar-refractivity contribution in [1.29, 1.82) is 0 Å². The Kier molecular flexibility index (Phi) is 8.99. The van der Waals surface area contributed by atoms with Gasteiger partial charge in [-0.1, -0.05) is 117 Å². The van der Waals surface area contributed by atoms with Crippen LogP contribution in [0.4, 0.5) is 0 Å². The molecule has 0 radical (unpaired) electrons. The summed E-state index contributed by atoms with van der Waals surface area (Å²) in [5.41, 5.74) is 4.60. The van der Waals surface area contributed by atoms with Crippen LogP contribution < -0.4 is 0 Å². The van der Waals surface area contributed by atoms with Gasteiger partial charge in [0.05, 0.1) is 7.11 Å². The van der Waals surface area contributed by atoms with Crippen LogP contribution in [0.3, 0.4) is 0 Å². The second-order valence-corrected chi connectivity index (χ2v) is 11.6. The minimum Gasteiger partial charge on any atom is -0.507 e. The fourth-order valence-corrected chi connectivity index (χ4v) is 6.50. The number of ether oxygens (including phenoxy) is 2. The molecule has 0 aliphatic heterocycles. The fourth-order valence-electron chi connectivity index (χ4n) is 6.50. The van der Waals surface area contributed by atoms with Crippen molar-refractivity contribution in [1.82, 2.24) is 0 Å². The van der Waals surface area contributed by atoms with Crippen LogP contribution in [-0.2, 0) is 14.3 Å². The van der Waals surface area contributed by atoms with Gasteiger partial charge < -0.3 is 14.6 Å². The fraction of sp³-hybridized carbons (Fsp3) is 0.0698. The van der Waals surface area contributed by atoms with Gasteiger partial charge in [-0.3, -0.25) is 19.2 Å². The van der Waals surface area contributed by atoms with E-state index in [1.165, 1.54) is 19.1 Å². The van der Waals surface area contributed by atoms with Crippen LogP contribution in [0.1, 0.15) is 62.1 Å². The van der Waals surface area contributed by atoms with Gasteiger partial charge in [-0.25, -0.2) is 0 Å². The number of aliphatic hydroxyl groups is 1. The predicted molar refractivity (Wildman–Crippen MR) is 197 cm³/mol. The van der Waals surface area contributed by atoms with Crippen molar-refractivity contribution in [2.75, 3.05) is 7.11 Å². The Morgan fingerprint density at radius 3 is 1.26 bits per heavy atom. The molecule has 3 aliphatic rings. The van der Waals surface area contributed by atoms with Crippen LogP contribution in [0.5, 0.6) is 0 Å². The Labute approximate surface area is 288 Å². The number of rotatable bonds is 2. The number of methoxy groups -OCH3 is 1. The van der Waals surface area contributed by atoms with Crippen molar-refractivity contribution in [2.24, 2.45) is 0 Å². The standard InChI is InChI=1S/C15H10O3.C14H10O2.C13H8O2.CH4/c1-9(16)18-14-8-13(17)11-6-2-4-10-5-3-7-12(14)15(10)11;1-16-13-8-12(15)10-6-2-4-9-5-3-7-11(13)14(9)10;14-11-7-12(15)10-6-2-4-8-3-1-5-9(11)13(8)10;/h2-8H,1H3;2-8H,1H3;1-7,14H;1H4. The summed E-state index contributed by atoms with van der Waals surface area (Å²) >= 11 is 0. The van der Waals surface area contributed by atoms with E-state index >= 15 is 0 Å². The van der Waals surface area contributed by atoms with Crippen LogP contribution in [0, 0.1) is 0 Å². The quantitative estimate of drug-likeness (QED) is 0.184. The van der Waals surface area contributed by atoms with E-state index < -0.39 is 5.97 Å². The van der Waals surface area contributed by atoms with E-state index in [1.807, 2.05) is 97.1 Å². The lowest BCUT2D eigenvalue weighted by molar-refractivity contribution is -0.134. The third kappa shape index (κ3) is 5.86. The maximum absolute atomic E-state index is 12.0. The number of esters is 1. The molecule has 0 amide bonds. The minimum atomic E-state index is -0.426. The monoisotopic (exact) mass is 660 g/mol. The minimum absolute atomic E-state index is 0. The highest BCUT2D eigenvalue weighted by molar-refractivity contribution is 6.23. The summed E-state index contributed by atoms with van der Waals surface area (Å²) in [5.74, 6) is 0.370. The van der Waals surface area contributed by atoms with Gasteiger partial charge in [0.25, 0.3) is 0 Å². The molecular formula is C43H32O7. The molecule has 0 bridgehead atoms. The molecule has 6 aromatic rings. The topological polar surface area (TPSA) is 107 Å². The first-order chi connectivity index (χ1) is 23.7. The Morgan fingerprint density at radius 2 is 0.840 bits per heavy atom. The number of benzene rings is 6. The Morgan fingerprint density at radius 1 is 0.500 bits per heavy atom. The third-order valence-electron chi connectivity index (χ3n) is 8.58. The number of hydrogen-bond acceptors (Lipinski definition) is 7. The Balaban J connectivity index is 0.000000129. The maximum atomic E-state index is 12.0. The maximum Gasteiger partial charge on any atom is 0.308 e. The smallest absolute Gasteiger partial charge is 0.308 e. The summed E-state index contributed by atoms with van der Waals surface area (Å²) in [6.45, 7) is 1.33. The van der Waals surface area contributed by atoms with E-state index in [4.69, 9.17) is 9.47 Å². The van der Waals surface area contributed by atoms with Crippen LogP contribution in [-0.4, -0.2) is 35.5 Å². The predicted octanol–water partition coefficient (Wildman–Crippen LogP) is 9.53. The van der Waals surface area contributed by atoms with Gasteiger partial charge in [0.2, 0.25) is 0 Å². The molecule has 7 heteroatoms. The summed E-state index contributed by atoms with van der Waals surface area (Å²) < 4.78 is 10.4. The molecule has 0 saturated carbocycles. The van der Waals surface area contributed by atoms with Gasteiger partial charge in [0.15, 0.2) is 17.3 Å². The summed E-state index contributed by atoms with van der Waals surface area (Å²) in [4.78, 5) is 46.6. The second-order valence-electron chi connectivity index (χ2n) is 11.6. The molecule has 0 fully saturated rings. The zero-order valence-electron chi connectivity index (χ0n) is 26.5. The van der Waals surface area contributed by atoms with Crippen molar-refractivity contribution in [3.8, 4) is 0 Å². The highest BCUT2D eigenvalue weighted by atomic mass is 16.5. The van der Waals surface area contributed by atoms with Crippen LogP contribution in [0.15, 0.2) is 127 Å². The number of allylic oxidation sites excluding steroid dienone is 3. The first-order valence-electron chi connectivity index (χ1n) is 15.5. The number of carbonyl (C=O) groups excluding carboxylic acids is 4. The Bertz CT molecular complexity index is 2480. The summed E-state index contributed by atoms with van der Waals surface area (Å²) in [7, 11) is 1.59. The van der Waals surface area contributed by atoms with Crippen molar-refractivity contribution in [3.05, 3.63) is 161 Å². The highest BCUT2D eigenvalue weighted by Crippen LogP contribution is 2.35. The number of aliphatic hydroxyl groups excluding tert-OH is 1. The van der Waals surface area contributed by atoms with E-state index in [2.05, 4.69) is 0 Å². The van der Waals surface area contributed by atoms with E-state index in [0.717, 1.165) is 54.6 Å². The lowest BCUT2D eigenvalue weighted by Crippen LogP contribution is -2.09. The van der Waals surface area contributed by atoms with Crippen LogP contribution in [0.2, 0.25) is 0 Å². The summed E-state index contributed by atoms with van der Waals surface area (Å²) in [6, 6.07) is 34.2. The first-order valence-corrected chi connectivity index (χ1v) is 15.5. The van der Waals surface area contributed by atoms with Gasteiger partial charge in [-0.2, -0.15) is 0 Å². The van der Waals surface area contributed by atoms with E-state index in [9.17, 15) is 24.3 Å². The normalized spacial score (nSPS) is 13.5. The molecule has 6 aromatic carbocycles. The third-order valence-corrected chi connectivity index (χ3v) is 8.58. The molecule has 9 rings (SSSR count). The van der Waals surface area contributed by atoms with E-state index in [1.54, 1.807) is 25.3 Å². The SMILES string of the molecule is C.CC(=O)OC1=CC(=O)c2cccc3cccc1c23.COC1=CC(=O)c2cccc3cccc1c23.O=C1C=C(O)c2cccc3cccc1c23. The number of ketones is 3. The zero-order chi connectivity index (χ0) is 34.2. The molecule has 50 heavy (non-hydrogen) atoms. The van der Waals surface area contributed by atoms with Crippen molar-refractivity contribution in [2.45, 2.75) is 14.4 Å². The molecule has 0 unspecified atom stereocenters. The van der Waals surface area contributed by atoms with Crippen molar-refractivity contribution < 1.29 is 33.8 Å². The van der Waals surface area contributed by atoms with Gasteiger partial charge >= 0.3 is 5.97 Å². The van der Waals surface area contributed by atoms with Crippen LogP contribution >= 0.6 is 0 Å². The molecular weight excluding hydrogens is 628 g/mol. The van der Waals surface area contributed by atoms with Gasteiger partial charge in [-0.05, 0) is 16.2 Å². The molecule has 0 aromatic heterocycles. The van der Waals surface area contributed by atoms with Gasteiger partial charge in [0.1, 0.15) is 17.3 Å². The lowest BCUT2D eigenvalue weighted by Gasteiger charge is -2.16. The molecule has 0 atom stereocenters. The molecule has 7 nitrogen and oxygen atoms in total. The van der Waals surface area contributed by atoms with Gasteiger partial charge in [0, 0.05) is 74.7 Å².